The van der Waals surface area contributed by atoms with Gasteiger partial charge in [-0.3, -0.25) is 10.1 Å². The summed E-state index contributed by atoms with van der Waals surface area (Å²) in [5.41, 5.74) is 0.0506. The molecule has 1 aliphatic heterocycles. The van der Waals surface area contributed by atoms with E-state index in [1.165, 1.54) is 12.3 Å². The van der Waals surface area contributed by atoms with E-state index in [0.29, 0.717) is 6.04 Å². The largest absolute Gasteiger partial charge is 0.362 e. The minimum atomic E-state index is -0.505. The van der Waals surface area contributed by atoms with Gasteiger partial charge in [0.2, 0.25) is 5.82 Å². The number of piperidine rings is 1. The zero-order valence-corrected chi connectivity index (χ0v) is 11.5. The first-order valence-electron chi connectivity index (χ1n) is 6.52. The number of anilines is 1. The van der Waals surface area contributed by atoms with Crippen molar-refractivity contribution in [3.63, 3.8) is 0 Å². The zero-order valence-electron chi connectivity index (χ0n) is 11.5. The Balaban J connectivity index is 2.17. The number of pyridine rings is 1. The van der Waals surface area contributed by atoms with Crippen LogP contribution < -0.4 is 5.32 Å². The van der Waals surface area contributed by atoms with Crippen LogP contribution in [0.1, 0.15) is 25.3 Å². The number of nitrogens with one attached hydrogen (secondary N) is 1. The Hall–Kier alpha value is -2.20. The molecule has 2 atom stereocenters. The zero-order chi connectivity index (χ0) is 14.7. The Morgan fingerprint density at radius 2 is 2.40 bits per heavy atom. The topological polar surface area (TPSA) is 95.1 Å². The van der Waals surface area contributed by atoms with Gasteiger partial charge in [0, 0.05) is 30.9 Å². The second-order valence-electron chi connectivity index (χ2n) is 5.16. The number of nitro groups is 1. The van der Waals surface area contributed by atoms with Gasteiger partial charge in [0.05, 0.1) is 10.5 Å². The highest BCUT2D eigenvalue weighted by Gasteiger charge is 2.25. The molecule has 0 amide bonds. The molecule has 1 aliphatic rings. The quantitative estimate of drug-likeness (QED) is 0.667. The minimum Gasteiger partial charge on any atom is -0.362 e. The Bertz CT molecular complexity index is 554. The molecule has 1 N–H and O–H groups in total. The first-order valence-corrected chi connectivity index (χ1v) is 6.52. The van der Waals surface area contributed by atoms with Gasteiger partial charge in [-0.25, -0.2) is 4.98 Å². The molecule has 2 rings (SSSR count). The summed E-state index contributed by atoms with van der Waals surface area (Å²) < 4.78 is 0. The lowest BCUT2D eigenvalue weighted by molar-refractivity contribution is -0.384. The number of nitrogens with zero attached hydrogens (tertiary/aromatic N) is 4. The minimum absolute atomic E-state index is 0.143. The van der Waals surface area contributed by atoms with Crippen molar-refractivity contribution in [3.8, 4) is 6.07 Å². The third kappa shape index (κ3) is 3.03. The van der Waals surface area contributed by atoms with E-state index < -0.39 is 4.92 Å². The van der Waals surface area contributed by atoms with Crippen molar-refractivity contribution in [1.29, 1.82) is 5.26 Å². The highest BCUT2D eigenvalue weighted by Crippen LogP contribution is 2.26. The second-order valence-corrected chi connectivity index (χ2v) is 5.16. The molecule has 1 aromatic heterocycles. The van der Waals surface area contributed by atoms with Crippen LogP contribution in [0.25, 0.3) is 0 Å². The van der Waals surface area contributed by atoms with Crippen LogP contribution in [0.5, 0.6) is 0 Å². The maximum atomic E-state index is 11.1. The molecular formula is C13H17N5O2. The monoisotopic (exact) mass is 275 g/mol. The smallest absolute Gasteiger partial charge is 0.312 e. The van der Waals surface area contributed by atoms with E-state index in [1.807, 2.05) is 6.07 Å². The summed E-state index contributed by atoms with van der Waals surface area (Å²) in [5, 5.41) is 23.0. The van der Waals surface area contributed by atoms with E-state index in [2.05, 4.69) is 29.2 Å². The highest BCUT2D eigenvalue weighted by atomic mass is 16.6. The number of hydrogen-bond acceptors (Lipinski definition) is 6. The van der Waals surface area contributed by atoms with Crippen molar-refractivity contribution in [2.45, 2.75) is 31.8 Å². The molecule has 7 heteroatoms. The van der Waals surface area contributed by atoms with Crippen LogP contribution in [-0.2, 0) is 0 Å². The third-order valence-corrected chi connectivity index (χ3v) is 3.74. The van der Waals surface area contributed by atoms with Gasteiger partial charge in [0.1, 0.15) is 6.07 Å². The van der Waals surface area contributed by atoms with Crippen molar-refractivity contribution in [2.24, 2.45) is 0 Å². The van der Waals surface area contributed by atoms with E-state index in [-0.39, 0.29) is 23.1 Å². The van der Waals surface area contributed by atoms with Gasteiger partial charge >= 0.3 is 5.69 Å². The molecule has 0 bridgehead atoms. The first-order chi connectivity index (χ1) is 9.51. The number of nitriles is 1. The summed E-state index contributed by atoms with van der Waals surface area (Å²) in [6.07, 6.45) is 3.18. The van der Waals surface area contributed by atoms with Crippen LogP contribution in [0, 0.1) is 21.4 Å². The molecule has 7 nitrogen and oxygen atoms in total. The Kier molecular flexibility index (Phi) is 4.15. The van der Waals surface area contributed by atoms with E-state index in [0.717, 1.165) is 19.4 Å². The average molecular weight is 275 g/mol. The van der Waals surface area contributed by atoms with Crippen molar-refractivity contribution in [2.75, 3.05) is 18.9 Å². The van der Waals surface area contributed by atoms with E-state index in [1.54, 1.807) is 0 Å². The number of aromatic nitrogens is 1. The fourth-order valence-corrected chi connectivity index (χ4v) is 2.38. The lowest BCUT2D eigenvalue weighted by atomic mass is 9.99. The molecule has 0 radical (unpaired) electrons. The lowest BCUT2D eigenvalue weighted by Crippen LogP contribution is -2.42. The predicted molar refractivity (Wildman–Crippen MR) is 74.3 cm³/mol. The van der Waals surface area contributed by atoms with Crippen LogP contribution in [-0.4, -0.2) is 40.5 Å². The molecule has 0 aliphatic carbocycles. The van der Waals surface area contributed by atoms with Crippen LogP contribution >= 0.6 is 0 Å². The van der Waals surface area contributed by atoms with Crippen molar-refractivity contribution in [1.82, 2.24) is 9.88 Å². The fourth-order valence-electron chi connectivity index (χ4n) is 2.38. The predicted octanol–water partition coefficient (Wildman–Crippen LogP) is 1.76. The van der Waals surface area contributed by atoms with Crippen LogP contribution in [0.2, 0.25) is 0 Å². The van der Waals surface area contributed by atoms with E-state index in [4.69, 9.17) is 5.26 Å². The summed E-state index contributed by atoms with van der Waals surface area (Å²) in [7, 11) is 2.07. The number of hydrogen-bond donors (Lipinski definition) is 1. The maximum absolute atomic E-state index is 11.1. The van der Waals surface area contributed by atoms with Gasteiger partial charge in [0.15, 0.2) is 0 Å². The van der Waals surface area contributed by atoms with Gasteiger partial charge in [-0.15, -0.1) is 0 Å². The molecule has 0 saturated carbocycles. The Labute approximate surface area is 117 Å². The van der Waals surface area contributed by atoms with Crippen LogP contribution in [0.3, 0.4) is 0 Å². The first kappa shape index (κ1) is 14.2. The standard InChI is InChI=1S/C13H17N5O2/c1-9-5-11(3-4-17(9)2)16-13-12(18(19)20)6-10(7-14)8-15-13/h6,8-9,11H,3-5H2,1-2H3,(H,15,16). The molecule has 1 saturated heterocycles. The summed E-state index contributed by atoms with van der Waals surface area (Å²) in [6, 6.07) is 3.72. The van der Waals surface area contributed by atoms with Gasteiger partial charge in [-0.05, 0) is 26.8 Å². The molecule has 2 heterocycles. The van der Waals surface area contributed by atoms with Crippen LogP contribution in [0.15, 0.2) is 12.3 Å². The van der Waals surface area contributed by atoms with Crippen molar-refractivity contribution in [3.05, 3.63) is 27.9 Å². The van der Waals surface area contributed by atoms with Crippen molar-refractivity contribution < 1.29 is 4.92 Å². The molecule has 2 unspecified atom stereocenters. The third-order valence-electron chi connectivity index (χ3n) is 3.74. The van der Waals surface area contributed by atoms with Gasteiger partial charge in [-0.1, -0.05) is 0 Å². The Morgan fingerprint density at radius 1 is 1.65 bits per heavy atom. The SMILES string of the molecule is CC1CC(Nc2ncc(C#N)cc2[N+](=O)[O-])CCN1C. The van der Waals surface area contributed by atoms with Gasteiger partial charge in [0.25, 0.3) is 0 Å². The molecule has 1 fully saturated rings. The molecule has 0 spiro atoms. The average Bonchev–Trinajstić information content (AvgIpc) is 2.43. The van der Waals surface area contributed by atoms with E-state index >= 15 is 0 Å². The lowest BCUT2D eigenvalue weighted by Gasteiger charge is -2.35. The molecule has 0 aromatic carbocycles. The summed E-state index contributed by atoms with van der Waals surface area (Å²) in [4.78, 5) is 16.8. The van der Waals surface area contributed by atoms with Crippen LogP contribution in [0.4, 0.5) is 11.5 Å². The summed E-state index contributed by atoms with van der Waals surface area (Å²) in [5.74, 6) is 0.246. The molecular weight excluding hydrogens is 258 g/mol. The van der Waals surface area contributed by atoms with Gasteiger partial charge < -0.3 is 10.2 Å². The normalized spacial score (nSPS) is 23.1. The Morgan fingerprint density at radius 3 is 3.00 bits per heavy atom. The summed E-state index contributed by atoms with van der Waals surface area (Å²) in [6.45, 7) is 3.08. The fraction of sp³-hybridized carbons (Fsp3) is 0.538. The molecule has 106 valence electrons. The summed E-state index contributed by atoms with van der Waals surface area (Å²) >= 11 is 0. The maximum Gasteiger partial charge on any atom is 0.312 e. The molecule has 20 heavy (non-hydrogen) atoms. The molecule has 1 aromatic rings. The number of likely N-dealkylation sites (tertiary alicyclic amines) is 1. The number of rotatable bonds is 3. The van der Waals surface area contributed by atoms with Crippen molar-refractivity contribution >= 4 is 11.5 Å². The second kappa shape index (κ2) is 5.84. The van der Waals surface area contributed by atoms with E-state index in [9.17, 15) is 10.1 Å². The highest BCUT2D eigenvalue weighted by molar-refractivity contribution is 5.58. The van der Waals surface area contributed by atoms with Gasteiger partial charge in [-0.2, -0.15) is 5.26 Å².